The number of aliphatic carboxylic acids is 1. The van der Waals surface area contributed by atoms with E-state index in [2.05, 4.69) is 5.10 Å². The molecule has 5 heteroatoms. The Hall–Kier alpha value is -1.36. The highest BCUT2D eigenvalue weighted by atomic mass is 16.4. The van der Waals surface area contributed by atoms with Crippen molar-refractivity contribution in [3.63, 3.8) is 0 Å². The van der Waals surface area contributed by atoms with E-state index in [1.165, 1.54) is 0 Å². The van der Waals surface area contributed by atoms with E-state index in [4.69, 9.17) is 5.11 Å². The smallest absolute Gasteiger partial charge is 0.307 e. The van der Waals surface area contributed by atoms with E-state index in [0.29, 0.717) is 6.54 Å². The van der Waals surface area contributed by atoms with Crippen LogP contribution in [0.1, 0.15) is 19.4 Å². The van der Waals surface area contributed by atoms with Crippen molar-refractivity contribution in [2.45, 2.75) is 26.9 Å². The summed E-state index contributed by atoms with van der Waals surface area (Å²) in [6.45, 7) is 5.89. The summed E-state index contributed by atoms with van der Waals surface area (Å²) in [5.41, 5.74) is 1.11. The lowest BCUT2D eigenvalue weighted by Gasteiger charge is -2.17. The van der Waals surface area contributed by atoms with Crippen molar-refractivity contribution in [1.29, 1.82) is 0 Å². The summed E-state index contributed by atoms with van der Waals surface area (Å²) in [6, 6.07) is 0. The third-order valence-electron chi connectivity index (χ3n) is 2.47. The van der Waals surface area contributed by atoms with Crippen molar-refractivity contribution < 1.29 is 9.90 Å². The Kier molecular flexibility index (Phi) is 4.49. The fourth-order valence-corrected chi connectivity index (χ4v) is 1.58. The Balaban J connectivity index is 2.44. The first-order chi connectivity index (χ1) is 7.52. The quantitative estimate of drug-likeness (QED) is 0.786. The maximum absolute atomic E-state index is 10.7. The molecule has 0 spiro atoms. The summed E-state index contributed by atoms with van der Waals surface area (Å²) in [5, 5.41) is 13.0. The molecule has 1 unspecified atom stereocenters. The lowest BCUT2D eigenvalue weighted by molar-refractivity contribution is -0.141. The first-order valence-corrected chi connectivity index (χ1v) is 5.45. The fourth-order valence-electron chi connectivity index (χ4n) is 1.58. The van der Waals surface area contributed by atoms with Gasteiger partial charge in [0.2, 0.25) is 0 Å². The average Bonchev–Trinajstić information content (AvgIpc) is 2.65. The SMILES string of the molecule is CCn1cc(CN(C)CC(C)C(=O)O)cn1. The molecule has 0 aliphatic rings. The number of carboxylic acid groups (broad SMARTS) is 1. The van der Waals surface area contributed by atoms with Gasteiger partial charge in [0.05, 0.1) is 12.1 Å². The number of nitrogens with zero attached hydrogens (tertiary/aromatic N) is 3. The van der Waals surface area contributed by atoms with Crippen LogP contribution in [0.25, 0.3) is 0 Å². The lowest BCUT2D eigenvalue weighted by Crippen LogP contribution is -2.28. The van der Waals surface area contributed by atoms with Gasteiger partial charge in [-0.1, -0.05) is 6.92 Å². The van der Waals surface area contributed by atoms with Gasteiger partial charge in [0.1, 0.15) is 0 Å². The summed E-state index contributed by atoms with van der Waals surface area (Å²) in [6.07, 6.45) is 3.81. The van der Waals surface area contributed by atoms with Crippen molar-refractivity contribution >= 4 is 5.97 Å². The Bertz CT molecular complexity index is 349. The summed E-state index contributed by atoms with van der Waals surface area (Å²) >= 11 is 0. The number of aryl methyl sites for hydroxylation is 1. The summed E-state index contributed by atoms with van der Waals surface area (Å²) in [4.78, 5) is 12.7. The van der Waals surface area contributed by atoms with E-state index < -0.39 is 5.97 Å². The van der Waals surface area contributed by atoms with Crippen molar-refractivity contribution in [1.82, 2.24) is 14.7 Å². The molecule has 1 N–H and O–H groups in total. The minimum atomic E-state index is -0.754. The zero-order valence-corrected chi connectivity index (χ0v) is 10.1. The minimum absolute atomic E-state index is 0.341. The molecule has 16 heavy (non-hydrogen) atoms. The van der Waals surface area contributed by atoms with Crippen LogP contribution in [0.2, 0.25) is 0 Å². The Morgan fingerprint density at radius 2 is 2.38 bits per heavy atom. The van der Waals surface area contributed by atoms with Gasteiger partial charge < -0.3 is 10.0 Å². The van der Waals surface area contributed by atoms with Crippen molar-refractivity contribution in [2.75, 3.05) is 13.6 Å². The second kappa shape index (κ2) is 5.65. The van der Waals surface area contributed by atoms with Gasteiger partial charge >= 0.3 is 5.97 Å². The highest BCUT2D eigenvalue weighted by Crippen LogP contribution is 2.05. The van der Waals surface area contributed by atoms with Crippen molar-refractivity contribution in [3.05, 3.63) is 18.0 Å². The van der Waals surface area contributed by atoms with Crippen LogP contribution in [0.3, 0.4) is 0 Å². The predicted octanol–water partition coefficient (Wildman–Crippen LogP) is 1.06. The Labute approximate surface area is 95.7 Å². The largest absolute Gasteiger partial charge is 0.481 e. The summed E-state index contributed by atoms with van der Waals surface area (Å²) < 4.78 is 1.86. The molecule has 1 atom stereocenters. The van der Waals surface area contributed by atoms with E-state index in [1.54, 1.807) is 6.92 Å². The molecule has 5 nitrogen and oxygen atoms in total. The van der Waals surface area contributed by atoms with Gasteiger partial charge in [-0.3, -0.25) is 9.48 Å². The van der Waals surface area contributed by atoms with Gasteiger partial charge in [0.15, 0.2) is 0 Å². The molecule has 90 valence electrons. The minimum Gasteiger partial charge on any atom is -0.481 e. The van der Waals surface area contributed by atoms with Crippen LogP contribution in [0, 0.1) is 5.92 Å². The fraction of sp³-hybridized carbons (Fsp3) is 0.636. The second-order valence-corrected chi connectivity index (χ2v) is 4.14. The molecule has 0 aliphatic carbocycles. The van der Waals surface area contributed by atoms with E-state index >= 15 is 0 Å². The van der Waals surface area contributed by atoms with Crippen molar-refractivity contribution in [2.24, 2.45) is 5.92 Å². The summed E-state index contributed by atoms with van der Waals surface area (Å²) in [5.74, 6) is -1.10. The first-order valence-electron chi connectivity index (χ1n) is 5.45. The summed E-state index contributed by atoms with van der Waals surface area (Å²) in [7, 11) is 1.92. The molecular weight excluding hydrogens is 206 g/mol. The normalized spacial score (nSPS) is 13.0. The third kappa shape index (κ3) is 3.66. The number of carbonyl (C=O) groups is 1. The molecule has 0 bridgehead atoms. The highest BCUT2D eigenvalue weighted by Gasteiger charge is 2.13. The topological polar surface area (TPSA) is 58.4 Å². The van der Waals surface area contributed by atoms with Gasteiger partial charge in [0.25, 0.3) is 0 Å². The molecule has 0 radical (unpaired) electrons. The standard InChI is InChI=1S/C11H19N3O2/c1-4-14-8-10(5-12-14)7-13(3)6-9(2)11(15)16/h5,8-9H,4,6-7H2,1-3H3,(H,15,16). The maximum atomic E-state index is 10.7. The zero-order chi connectivity index (χ0) is 12.1. The number of hydrogen-bond acceptors (Lipinski definition) is 3. The Morgan fingerprint density at radius 3 is 2.88 bits per heavy atom. The van der Waals surface area contributed by atoms with Gasteiger partial charge in [-0.2, -0.15) is 5.10 Å². The van der Waals surface area contributed by atoms with Gasteiger partial charge in [-0.05, 0) is 14.0 Å². The third-order valence-corrected chi connectivity index (χ3v) is 2.47. The van der Waals surface area contributed by atoms with Crippen LogP contribution >= 0.6 is 0 Å². The van der Waals surface area contributed by atoms with Crippen LogP contribution in [0.4, 0.5) is 0 Å². The van der Waals surface area contributed by atoms with Crippen LogP contribution in [-0.2, 0) is 17.9 Å². The molecule has 1 heterocycles. The number of carboxylic acids is 1. The van der Waals surface area contributed by atoms with E-state index in [1.807, 2.05) is 35.9 Å². The molecule has 0 aromatic carbocycles. The molecule has 0 saturated heterocycles. The van der Waals surface area contributed by atoms with E-state index in [9.17, 15) is 4.79 Å². The molecular formula is C11H19N3O2. The molecule has 0 aliphatic heterocycles. The first kappa shape index (κ1) is 12.7. The maximum Gasteiger partial charge on any atom is 0.307 e. The van der Waals surface area contributed by atoms with E-state index in [-0.39, 0.29) is 5.92 Å². The monoisotopic (exact) mass is 225 g/mol. The molecule has 0 fully saturated rings. The zero-order valence-electron chi connectivity index (χ0n) is 10.1. The predicted molar refractivity (Wildman–Crippen MR) is 61.0 cm³/mol. The number of aromatic nitrogens is 2. The second-order valence-electron chi connectivity index (χ2n) is 4.14. The van der Waals surface area contributed by atoms with Crippen LogP contribution in [0.5, 0.6) is 0 Å². The molecule has 1 rings (SSSR count). The molecule has 0 amide bonds. The van der Waals surface area contributed by atoms with E-state index in [0.717, 1.165) is 18.7 Å². The van der Waals surface area contributed by atoms with Gasteiger partial charge in [-0.15, -0.1) is 0 Å². The van der Waals surface area contributed by atoms with Crippen molar-refractivity contribution in [3.8, 4) is 0 Å². The highest BCUT2D eigenvalue weighted by molar-refractivity contribution is 5.69. The molecule has 0 saturated carbocycles. The number of rotatable bonds is 6. The van der Waals surface area contributed by atoms with Crippen LogP contribution in [0.15, 0.2) is 12.4 Å². The number of hydrogen-bond donors (Lipinski definition) is 1. The van der Waals surface area contributed by atoms with Crippen LogP contribution in [-0.4, -0.2) is 39.3 Å². The molecule has 1 aromatic heterocycles. The van der Waals surface area contributed by atoms with Crippen LogP contribution < -0.4 is 0 Å². The Morgan fingerprint density at radius 1 is 1.69 bits per heavy atom. The van der Waals surface area contributed by atoms with Gasteiger partial charge in [-0.25, -0.2) is 0 Å². The lowest BCUT2D eigenvalue weighted by atomic mass is 10.1. The molecule has 1 aromatic rings. The average molecular weight is 225 g/mol. The van der Waals surface area contributed by atoms with Gasteiger partial charge in [0, 0.05) is 31.4 Å².